The van der Waals surface area contributed by atoms with Crippen LogP contribution in [0, 0.1) is 0 Å². The monoisotopic (exact) mass is 406 g/mol. The lowest BCUT2D eigenvalue weighted by atomic mass is 10.2. The molecular weight excluding hydrogens is 388 g/mol. The van der Waals surface area contributed by atoms with Crippen LogP contribution in [0.4, 0.5) is 0 Å². The third-order valence-corrected chi connectivity index (χ3v) is 7.06. The van der Waals surface area contributed by atoms with Crippen molar-refractivity contribution in [1.82, 2.24) is 9.55 Å². The number of aromatic nitrogens is 2. The van der Waals surface area contributed by atoms with Crippen LogP contribution in [0.3, 0.4) is 0 Å². The van der Waals surface area contributed by atoms with Crippen LogP contribution in [0.5, 0.6) is 0 Å². The maximum absolute atomic E-state index is 13.1. The van der Waals surface area contributed by atoms with Crippen molar-refractivity contribution in [3.05, 3.63) is 105 Å². The number of aromatic amines is 1. The molecule has 0 aliphatic heterocycles. The van der Waals surface area contributed by atoms with Gasteiger partial charge >= 0.3 is 5.69 Å². The summed E-state index contributed by atoms with van der Waals surface area (Å²) in [4.78, 5) is 28.1. The van der Waals surface area contributed by atoms with E-state index >= 15 is 0 Å². The maximum atomic E-state index is 13.1. The molecule has 0 fully saturated rings. The van der Waals surface area contributed by atoms with Crippen LogP contribution in [0.25, 0.3) is 16.6 Å². The van der Waals surface area contributed by atoms with Gasteiger partial charge < -0.3 is 4.98 Å². The molecule has 1 aromatic heterocycles. The van der Waals surface area contributed by atoms with Gasteiger partial charge in [0.2, 0.25) is 0 Å². The predicted octanol–water partition coefficient (Wildman–Crippen LogP) is 3.21. The van der Waals surface area contributed by atoms with E-state index in [1.807, 2.05) is 6.07 Å². The Hall–Kier alpha value is -3.45. The normalized spacial score (nSPS) is 12.7. The molecular formula is C22H18N2O4S. The largest absolute Gasteiger partial charge is 0.333 e. The van der Waals surface area contributed by atoms with Gasteiger partial charge in [-0.25, -0.2) is 17.8 Å². The van der Waals surface area contributed by atoms with E-state index in [0.29, 0.717) is 16.5 Å². The lowest BCUT2D eigenvalue weighted by molar-refractivity contribution is 0.586. The van der Waals surface area contributed by atoms with Crippen molar-refractivity contribution in [1.29, 1.82) is 0 Å². The first-order valence-electron chi connectivity index (χ1n) is 9.03. The van der Waals surface area contributed by atoms with Gasteiger partial charge in [-0.05, 0) is 42.8 Å². The quantitative estimate of drug-likeness (QED) is 0.564. The molecule has 0 spiro atoms. The molecule has 1 atom stereocenters. The second-order valence-electron chi connectivity index (χ2n) is 6.71. The number of sulfone groups is 1. The number of H-pyrrole nitrogens is 1. The first-order valence-corrected chi connectivity index (χ1v) is 10.6. The number of benzene rings is 3. The number of nitrogens with one attached hydrogen (secondary N) is 1. The number of rotatable bonds is 4. The highest BCUT2D eigenvalue weighted by Gasteiger charge is 2.25. The first kappa shape index (κ1) is 18.9. The minimum atomic E-state index is -3.72. The Morgan fingerprint density at radius 3 is 2.31 bits per heavy atom. The molecule has 0 amide bonds. The molecule has 0 saturated carbocycles. The minimum absolute atomic E-state index is 0.0470. The lowest BCUT2D eigenvalue weighted by Crippen LogP contribution is -2.33. The van der Waals surface area contributed by atoms with E-state index in [9.17, 15) is 18.0 Å². The van der Waals surface area contributed by atoms with Crippen LogP contribution in [-0.4, -0.2) is 18.0 Å². The van der Waals surface area contributed by atoms with E-state index < -0.39 is 26.3 Å². The molecule has 1 N–H and O–H groups in total. The van der Waals surface area contributed by atoms with Gasteiger partial charge in [-0.15, -0.1) is 0 Å². The fourth-order valence-corrected chi connectivity index (χ4v) is 4.78. The first-order chi connectivity index (χ1) is 13.9. The Morgan fingerprint density at radius 2 is 1.55 bits per heavy atom. The van der Waals surface area contributed by atoms with E-state index in [1.165, 1.54) is 24.3 Å². The highest BCUT2D eigenvalue weighted by molar-refractivity contribution is 7.91. The maximum Gasteiger partial charge on any atom is 0.333 e. The van der Waals surface area contributed by atoms with Crippen molar-refractivity contribution in [2.45, 2.75) is 17.1 Å². The summed E-state index contributed by atoms with van der Waals surface area (Å²) in [6.45, 7) is 1.62. The third kappa shape index (κ3) is 3.30. The Labute approximate surface area is 167 Å². The fraction of sp³-hybridized carbons (Fsp3) is 0.0909. The van der Waals surface area contributed by atoms with Crippen LogP contribution < -0.4 is 11.2 Å². The van der Waals surface area contributed by atoms with E-state index in [0.717, 1.165) is 4.57 Å². The molecule has 4 rings (SSSR count). The Morgan fingerprint density at radius 1 is 0.862 bits per heavy atom. The van der Waals surface area contributed by atoms with Crippen molar-refractivity contribution in [2.75, 3.05) is 0 Å². The standard InChI is InChI=1S/C22H18N2O4S/c1-15(16-8-3-2-4-9-16)29(27,28)18-11-7-10-17(14-18)24-21(25)19-12-5-6-13-20(19)23-22(24)26/h2-15H,1H3,(H,23,26). The van der Waals surface area contributed by atoms with E-state index in [1.54, 1.807) is 55.5 Å². The molecule has 0 aliphatic rings. The molecule has 146 valence electrons. The van der Waals surface area contributed by atoms with Crippen molar-refractivity contribution in [3.63, 3.8) is 0 Å². The Balaban J connectivity index is 1.86. The van der Waals surface area contributed by atoms with Crippen molar-refractivity contribution < 1.29 is 8.42 Å². The van der Waals surface area contributed by atoms with Gasteiger partial charge in [-0.2, -0.15) is 0 Å². The number of nitrogens with zero attached hydrogens (tertiary/aromatic N) is 1. The molecule has 1 unspecified atom stereocenters. The van der Waals surface area contributed by atoms with Gasteiger partial charge in [0.05, 0.1) is 26.7 Å². The molecule has 0 aliphatic carbocycles. The summed E-state index contributed by atoms with van der Waals surface area (Å²) in [5, 5.41) is -0.427. The summed E-state index contributed by atoms with van der Waals surface area (Å²) in [6, 6.07) is 21.5. The van der Waals surface area contributed by atoms with E-state index in [-0.39, 0.29) is 10.6 Å². The molecule has 0 radical (unpaired) electrons. The zero-order valence-corrected chi connectivity index (χ0v) is 16.4. The second kappa shape index (κ2) is 7.18. The van der Waals surface area contributed by atoms with Gasteiger partial charge in [-0.3, -0.25) is 4.79 Å². The highest BCUT2D eigenvalue weighted by Crippen LogP contribution is 2.29. The van der Waals surface area contributed by atoms with Crippen molar-refractivity contribution in [2.24, 2.45) is 0 Å². The molecule has 3 aromatic carbocycles. The zero-order chi connectivity index (χ0) is 20.6. The summed E-state index contributed by atoms with van der Waals surface area (Å²) in [7, 11) is -3.72. The predicted molar refractivity (Wildman–Crippen MR) is 112 cm³/mol. The number of hydrogen-bond acceptors (Lipinski definition) is 4. The van der Waals surface area contributed by atoms with Gasteiger partial charge in [0.15, 0.2) is 9.84 Å². The van der Waals surface area contributed by atoms with Crippen LogP contribution in [0.1, 0.15) is 17.7 Å². The third-order valence-electron chi connectivity index (χ3n) is 4.94. The zero-order valence-electron chi connectivity index (χ0n) is 15.6. The van der Waals surface area contributed by atoms with Crippen molar-refractivity contribution >= 4 is 20.7 Å². The Bertz CT molecular complexity index is 1420. The highest BCUT2D eigenvalue weighted by atomic mass is 32.2. The van der Waals surface area contributed by atoms with Gasteiger partial charge in [0, 0.05) is 0 Å². The van der Waals surface area contributed by atoms with Gasteiger partial charge in [-0.1, -0.05) is 48.5 Å². The molecule has 6 nitrogen and oxygen atoms in total. The molecule has 1 heterocycles. The Kier molecular flexibility index (Phi) is 4.68. The number of hydrogen-bond donors (Lipinski definition) is 1. The molecule has 7 heteroatoms. The van der Waals surface area contributed by atoms with Crippen LogP contribution in [0.2, 0.25) is 0 Å². The van der Waals surface area contributed by atoms with E-state index in [2.05, 4.69) is 4.98 Å². The second-order valence-corrected chi connectivity index (χ2v) is 8.98. The molecule has 29 heavy (non-hydrogen) atoms. The average molecular weight is 406 g/mol. The van der Waals surface area contributed by atoms with Crippen LogP contribution in [0.15, 0.2) is 93.3 Å². The number of para-hydroxylation sites is 1. The fourth-order valence-electron chi connectivity index (χ4n) is 3.30. The van der Waals surface area contributed by atoms with Crippen molar-refractivity contribution in [3.8, 4) is 5.69 Å². The summed E-state index contributed by atoms with van der Waals surface area (Å²) in [5.74, 6) is 0. The molecule has 0 bridgehead atoms. The summed E-state index contributed by atoms with van der Waals surface area (Å²) in [5.41, 5.74) is 0.163. The number of fused-ring (bicyclic) bond motifs is 1. The van der Waals surface area contributed by atoms with Crippen LogP contribution in [-0.2, 0) is 9.84 Å². The SMILES string of the molecule is CC(c1ccccc1)S(=O)(=O)c1cccc(-n2c(=O)[nH]c3ccccc3c2=O)c1. The van der Waals surface area contributed by atoms with E-state index in [4.69, 9.17) is 0 Å². The molecule has 0 saturated heterocycles. The lowest BCUT2D eigenvalue weighted by Gasteiger charge is -2.14. The average Bonchev–Trinajstić information content (AvgIpc) is 2.74. The van der Waals surface area contributed by atoms with Gasteiger partial charge in [0.1, 0.15) is 0 Å². The summed E-state index contributed by atoms with van der Waals surface area (Å²) < 4.78 is 27.2. The van der Waals surface area contributed by atoms with Gasteiger partial charge in [0.25, 0.3) is 5.56 Å². The summed E-state index contributed by atoms with van der Waals surface area (Å²) in [6.07, 6.45) is 0. The summed E-state index contributed by atoms with van der Waals surface area (Å²) >= 11 is 0. The topological polar surface area (TPSA) is 89.0 Å². The smallest absolute Gasteiger partial charge is 0.306 e. The van der Waals surface area contributed by atoms with Crippen LogP contribution >= 0.6 is 0 Å². The minimum Gasteiger partial charge on any atom is -0.306 e. The molecule has 4 aromatic rings.